The van der Waals surface area contributed by atoms with Crippen LogP contribution in [0.2, 0.25) is 0 Å². The Labute approximate surface area is 137 Å². The van der Waals surface area contributed by atoms with Crippen molar-refractivity contribution in [3.8, 4) is 23.1 Å². The smallest absolute Gasteiger partial charge is 0.203 e. The second kappa shape index (κ2) is 4.89. The number of rotatable bonds is 1. The standard InChI is InChI=1S/C19H14N2O3/c22-19-15-10-18-17(23-6-7-24-18)9-13(15)11-21(19)14-3-4-16-12(8-14)2-1-5-20-16/h1-5,8-11,22H,6-7H2. The van der Waals surface area contributed by atoms with Crippen LogP contribution in [-0.4, -0.2) is 27.9 Å². The van der Waals surface area contributed by atoms with Gasteiger partial charge in [0, 0.05) is 34.2 Å². The van der Waals surface area contributed by atoms with Gasteiger partial charge in [0.15, 0.2) is 11.5 Å². The molecule has 0 radical (unpaired) electrons. The quantitative estimate of drug-likeness (QED) is 0.582. The Morgan fingerprint density at radius 2 is 1.79 bits per heavy atom. The molecule has 0 atom stereocenters. The third-order valence-corrected chi connectivity index (χ3v) is 4.32. The summed E-state index contributed by atoms with van der Waals surface area (Å²) in [6.45, 7) is 1.07. The average molecular weight is 318 g/mol. The molecule has 0 fully saturated rings. The molecule has 5 rings (SSSR count). The maximum atomic E-state index is 10.7. The van der Waals surface area contributed by atoms with Crippen molar-refractivity contribution >= 4 is 21.7 Å². The number of pyridine rings is 1. The van der Waals surface area contributed by atoms with Crippen molar-refractivity contribution in [2.45, 2.75) is 0 Å². The molecule has 4 aromatic rings. The first-order valence-electron chi connectivity index (χ1n) is 7.78. The van der Waals surface area contributed by atoms with Gasteiger partial charge in [0.25, 0.3) is 0 Å². The van der Waals surface area contributed by atoms with Crippen LogP contribution in [0, 0.1) is 0 Å². The number of hydrogen-bond donors (Lipinski definition) is 1. The fourth-order valence-corrected chi connectivity index (χ4v) is 3.14. The Morgan fingerprint density at radius 1 is 0.958 bits per heavy atom. The maximum Gasteiger partial charge on any atom is 0.203 e. The van der Waals surface area contributed by atoms with Crippen molar-refractivity contribution in [3.63, 3.8) is 0 Å². The molecular weight excluding hydrogens is 304 g/mol. The zero-order valence-electron chi connectivity index (χ0n) is 12.8. The molecule has 0 bridgehead atoms. The molecule has 3 heterocycles. The zero-order chi connectivity index (χ0) is 16.1. The predicted octanol–water partition coefficient (Wildman–Crippen LogP) is 3.66. The van der Waals surface area contributed by atoms with Crippen LogP contribution in [0.3, 0.4) is 0 Å². The first-order valence-corrected chi connectivity index (χ1v) is 7.78. The Bertz CT molecular complexity index is 1080. The summed E-state index contributed by atoms with van der Waals surface area (Å²) in [5, 5.41) is 13.3. The third kappa shape index (κ3) is 1.91. The van der Waals surface area contributed by atoms with E-state index >= 15 is 0 Å². The molecule has 0 spiro atoms. The minimum Gasteiger partial charge on any atom is -0.494 e. The van der Waals surface area contributed by atoms with E-state index in [1.807, 2.05) is 48.7 Å². The molecule has 0 saturated carbocycles. The van der Waals surface area contributed by atoms with Crippen LogP contribution in [0.5, 0.6) is 17.4 Å². The summed E-state index contributed by atoms with van der Waals surface area (Å²) < 4.78 is 13.0. The van der Waals surface area contributed by atoms with E-state index in [1.165, 1.54) is 0 Å². The molecule has 1 N–H and O–H groups in total. The van der Waals surface area contributed by atoms with Gasteiger partial charge in [-0.05, 0) is 36.4 Å². The molecule has 0 amide bonds. The van der Waals surface area contributed by atoms with Gasteiger partial charge < -0.3 is 14.6 Å². The molecule has 0 unspecified atom stereocenters. The number of benzene rings is 2. The van der Waals surface area contributed by atoms with Crippen LogP contribution in [0.25, 0.3) is 27.4 Å². The van der Waals surface area contributed by atoms with Gasteiger partial charge in [0.2, 0.25) is 5.88 Å². The van der Waals surface area contributed by atoms with Crippen molar-refractivity contribution in [1.29, 1.82) is 0 Å². The number of hydrogen-bond acceptors (Lipinski definition) is 4. The molecule has 1 aliphatic rings. The first-order chi connectivity index (χ1) is 11.8. The van der Waals surface area contributed by atoms with Crippen molar-refractivity contribution < 1.29 is 14.6 Å². The van der Waals surface area contributed by atoms with Crippen LogP contribution in [0.1, 0.15) is 0 Å². The highest BCUT2D eigenvalue weighted by Gasteiger charge is 2.17. The van der Waals surface area contributed by atoms with Gasteiger partial charge >= 0.3 is 0 Å². The summed E-state index contributed by atoms with van der Waals surface area (Å²) in [7, 11) is 0. The monoisotopic (exact) mass is 318 g/mol. The summed E-state index contributed by atoms with van der Waals surface area (Å²) in [4.78, 5) is 4.33. The van der Waals surface area contributed by atoms with Crippen LogP contribution in [-0.2, 0) is 0 Å². The van der Waals surface area contributed by atoms with Crippen molar-refractivity contribution in [2.75, 3.05) is 13.2 Å². The molecule has 2 aromatic carbocycles. The van der Waals surface area contributed by atoms with E-state index in [1.54, 1.807) is 10.8 Å². The normalized spacial score (nSPS) is 13.5. The number of nitrogens with zero attached hydrogens (tertiary/aromatic N) is 2. The van der Waals surface area contributed by atoms with E-state index in [2.05, 4.69) is 4.98 Å². The minimum absolute atomic E-state index is 0.185. The number of fused-ring (bicyclic) bond motifs is 3. The third-order valence-electron chi connectivity index (χ3n) is 4.32. The number of aromatic nitrogens is 2. The average Bonchev–Trinajstić information content (AvgIpc) is 2.95. The van der Waals surface area contributed by atoms with Gasteiger partial charge in [-0.1, -0.05) is 6.07 Å². The molecule has 118 valence electrons. The molecule has 0 saturated heterocycles. The second-order valence-electron chi connectivity index (χ2n) is 5.79. The van der Waals surface area contributed by atoms with Gasteiger partial charge in [-0.2, -0.15) is 0 Å². The minimum atomic E-state index is 0.185. The lowest BCUT2D eigenvalue weighted by molar-refractivity contribution is 0.172. The molecule has 5 heteroatoms. The summed E-state index contributed by atoms with van der Waals surface area (Å²) in [6, 6.07) is 13.6. The SMILES string of the molecule is Oc1c2cc3c(cc2cn1-c1ccc2ncccc2c1)OCCO3. The Morgan fingerprint density at radius 3 is 2.67 bits per heavy atom. The summed E-state index contributed by atoms with van der Waals surface area (Å²) in [5.74, 6) is 1.57. The van der Waals surface area contributed by atoms with Gasteiger partial charge in [-0.3, -0.25) is 9.55 Å². The summed E-state index contributed by atoms with van der Waals surface area (Å²) in [6.07, 6.45) is 3.68. The summed E-state index contributed by atoms with van der Waals surface area (Å²) in [5.41, 5.74) is 1.80. The van der Waals surface area contributed by atoms with Gasteiger partial charge in [0.05, 0.1) is 5.52 Å². The number of aromatic hydroxyl groups is 1. The van der Waals surface area contributed by atoms with Crippen molar-refractivity contribution in [3.05, 3.63) is 54.9 Å². The van der Waals surface area contributed by atoms with E-state index in [4.69, 9.17) is 9.47 Å². The lowest BCUT2D eigenvalue weighted by atomic mass is 10.2. The molecule has 24 heavy (non-hydrogen) atoms. The van der Waals surface area contributed by atoms with Crippen LogP contribution in [0.4, 0.5) is 0 Å². The highest BCUT2D eigenvalue weighted by molar-refractivity contribution is 5.92. The van der Waals surface area contributed by atoms with Gasteiger partial charge in [-0.15, -0.1) is 0 Å². The highest BCUT2D eigenvalue weighted by atomic mass is 16.6. The Kier molecular flexibility index (Phi) is 2.70. The van der Waals surface area contributed by atoms with Crippen LogP contribution >= 0.6 is 0 Å². The van der Waals surface area contributed by atoms with E-state index in [0.29, 0.717) is 24.7 Å². The highest BCUT2D eigenvalue weighted by Crippen LogP contribution is 2.39. The van der Waals surface area contributed by atoms with Crippen LogP contribution in [0.15, 0.2) is 54.9 Å². The molecule has 5 nitrogen and oxygen atoms in total. The van der Waals surface area contributed by atoms with Crippen molar-refractivity contribution in [1.82, 2.24) is 9.55 Å². The van der Waals surface area contributed by atoms with Crippen molar-refractivity contribution in [2.24, 2.45) is 0 Å². The largest absolute Gasteiger partial charge is 0.494 e. The fraction of sp³-hybridized carbons (Fsp3) is 0.105. The lowest BCUT2D eigenvalue weighted by Crippen LogP contribution is -2.14. The zero-order valence-corrected chi connectivity index (χ0v) is 12.8. The topological polar surface area (TPSA) is 56.5 Å². The predicted molar refractivity (Wildman–Crippen MR) is 91.2 cm³/mol. The van der Waals surface area contributed by atoms with E-state index in [0.717, 1.165) is 27.4 Å². The molecule has 2 aromatic heterocycles. The van der Waals surface area contributed by atoms with Gasteiger partial charge in [0.1, 0.15) is 13.2 Å². The van der Waals surface area contributed by atoms with E-state index in [9.17, 15) is 5.11 Å². The van der Waals surface area contributed by atoms with E-state index < -0.39 is 0 Å². The molecular formula is C19H14N2O3. The van der Waals surface area contributed by atoms with Crippen LogP contribution < -0.4 is 9.47 Å². The lowest BCUT2D eigenvalue weighted by Gasteiger charge is -2.18. The molecule has 0 aliphatic carbocycles. The second-order valence-corrected chi connectivity index (χ2v) is 5.79. The molecule has 1 aliphatic heterocycles. The number of ether oxygens (including phenoxy) is 2. The Balaban J connectivity index is 1.71. The summed E-state index contributed by atoms with van der Waals surface area (Å²) >= 11 is 0. The fourth-order valence-electron chi connectivity index (χ4n) is 3.14. The van der Waals surface area contributed by atoms with Gasteiger partial charge in [-0.25, -0.2) is 0 Å². The maximum absolute atomic E-state index is 10.7. The first kappa shape index (κ1) is 13.2. The Hall–Kier alpha value is -3.21. The van der Waals surface area contributed by atoms with E-state index in [-0.39, 0.29) is 5.88 Å².